The molecule has 0 aromatic rings. The van der Waals surface area contributed by atoms with Crippen molar-refractivity contribution >= 4 is 12.8 Å². The fourth-order valence-electron chi connectivity index (χ4n) is 0. The van der Waals surface area contributed by atoms with Crippen LogP contribution in [0.1, 0.15) is 13.8 Å². The molecule has 13 heavy (non-hydrogen) atoms. The average molecular weight is 199 g/mol. The van der Waals surface area contributed by atoms with E-state index in [1.165, 1.54) is 0 Å². The molecule has 0 fully saturated rings. The number of hydrogen-bond donors (Lipinski definition) is 5. The van der Waals surface area contributed by atoms with Gasteiger partial charge in [0.2, 0.25) is 0 Å². The Labute approximate surface area is 78.3 Å². The lowest BCUT2D eigenvalue weighted by atomic mass is 10.9. The van der Waals surface area contributed by atoms with Gasteiger partial charge < -0.3 is 32.6 Å². The van der Waals surface area contributed by atoms with E-state index in [9.17, 15) is 0 Å². The van der Waals surface area contributed by atoms with Crippen LogP contribution in [0.25, 0.3) is 0 Å². The second-order valence-electron chi connectivity index (χ2n) is 1.03. The van der Waals surface area contributed by atoms with Crippen molar-refractivity contribution in [2.75, 3.05) is 13.2 Å². The van der Waals surface area contributed by atoms with Crippen molar-refractivity contribution in [1.29, 1.82) is 0 Å². The zero-order valence-electron chi connectivity index (χ0n) is 8.19. The topological polar surface area (TPSA) is 162 Å². The minimum atomic E-state index is -0.833. The summed E-state index contributed by atoms with van der Waals surface area (Å²) in [5.41, 5.74) is 8.50. The van der Waals surface area contributed by atoms with E-state index in [0.29, 0.717) is 0 Å². The predicted molar refractivity (Wildman–Crippen MR) is 51.4 cm³/mol. The van der Waals surface area contributed by atoms with Gasteiger partial charge in [-0.1, -0.05) is 0 Å². The Balaban J connectivity index is -0.0000000220. The molecule has 0 heterocycles. The van der Waals surface area contributed by atoms with Crippen LogP contribution in [0.5, 0.6) is 0 Å². The van der Waals surface area contributed by atoms with Crippen LogP contribution in [0, 0.1) is 0 Å². The second kappa shape index (κ2) is 71.5. The van der Waals surface area contributed by atoms with E-state index in [4.69, 9.17) is 19.8 Å². The third-order valence-corrected chi connectivity index (χ3v) is 0. The molecule has 0 saturated heterocycles. The molecule has 0 rings (SSSR count). The van der Waals surface area contributed by atoms with E-state index >= 15 is 0 Å². The van der Waals surface area contributed by atoms with Gasteiger partial charge in [-0.25, -0.2) is 4.79 Å². The van der Waals surface area contributed by atoms with E-state index < -0.39 is 6.03 Å². The molecule has 0 aromatic heterocycles. The number of urea groups is 1. The van der Waals surface area contributed by atoms with Crippen molar-refractivity contribution in [2.24, 2.45) is 11.5 Å². The maximum atomic E-state index is 9.00. The van der Waals surface area contributed by atoms with Crippen molar-refractivity contribution in [3.05, 3.63) is 0 Å². The molecule has 0 aliphatic heterocycles. The summed E-state index contributed by atoms with van der Waals surface area (Å²) in [6.07, 6.45) is 0. The first-order valence-corrected chi connectivity index (χ1v) is 3.12. The Hall–Kier alpha value is -1.18. The van der Waals surface area contributed by atoms with Crippen LogP contribution in [0.4, 0.5) is 4.79 Å². The van der Waals surface area contributed by atoms with Crippen LogP contribution in [-0.2, 0) is 4.79 Å². The monoisotopic (exact) mass is 199 g/mol. The number of rotatable bonds is 0. The normalized spacial score (nSPS) is 4.92. The van der Waals surface area contributed by atoms with Crippen molar-refractivity contribution in [1.82, 2.24) is 6.15 Å². The molecule has 0 atom stereocenters. The van der Waals surface area contributed by atoms with Crippen LogP contribution in [0.2, 0.25) is 0 Å². The van der Waals surface area contributed by atoms with Gasteiger partial charge >= 0.3 is 6.03 Å². The lowest BCUT2D eigenvalue weighted by Gasteiger charge is -1.62. The van der Waals surface area contributed by atoms with E-state index in [1.807, 2.05) is 6.79 Å². The summed E-state index contributed by atoms with van der Waals surface area (Å²) in [5.74, 6) is 0. The molecule has 7 nitrogen and oxygen atoms in total. The highest BCUT2D eigenvalue weighted by Crippen LogP contribution is 1.30. The zero-order valence-corrected chi connectivity index (χ0v) is 8.19. The first-order valence-electron chi connectivity index (χ1n) is 3.12. The first-order chi connectivity index (χ1) is 5.56. The number of aliphatic hydroxyl groups excluding tert-OH is 2. The maximum absolute atomic E-state index is 9.00. The summed E-state index contributed by atoms with van der Waals surface area (Å²) in [6, 6.07) is -0.833. The van der Waals surface area contributed by atoms with Gasteiger partial charge in [0.15, 0.2) is 0 Å². The minimum Gasteiger partial charge on any atom is -0.397 e. The number of carbonyl (C=O) groups excluding carboxylic acids is 2. The summed E-state index contributed by atoms with van der Waals surface area (Å²) < 4.78 is 0. The molecule has 0 aromatic carbocycles. The predicted octanol–water partition coefficient (Wildman–Crippen LogP) is -1.00. The summed E-state index contributed by atoms with van der Waals surface area (Å²) in [6.45, 7) is 5.86. The summed E-state index contributed by atoms with van der Waals surface area (Å²) in [5, 5.41) is 15.1. The molecular weight excluding hydrogens is 178 g/mol. The zero-order chi connectivity index (χ0) is 11.0. The van der Waals surface area contributed by atoms with Crippen molar-refractivity contribution in [2.45, 2.75) is 13.8 Å². The smallest absolute Gasteiger partial charge is 0.309 e. The number of aliphatic hydroxyl groups is 2. The van der Waals surface area contributed by atoms with Crippen LogP contribution in [0.15, 0.2) is 0 Å². The Morgan fingerprint density at radius 1 is 1.15 bits per heavy atom. The Morgan fingerprint density at radius 3 is 1.15 bits per heavy atom. The summed E-state index contributed by atoms with van der Waals surface area (Å²) in [7, 11) is 0. The number of amides is 2. The SMILES string of the molecule is C=O.CCO.CCO.N.NC(N)=O. The second-order valence-corrected chi connectivity index (χ2v) is 1.03. The largest absolute Gasteiger partial charge is 0.397 e. The molecule has 0 aliphatic carbocycles. The Bertz CT molecular complexity index is 66.9. The molecule has 0 unspecified atom stereocenters. The summed E-state index contributed by atoms with van der Waals surface area (Å²) >= 11 is 0. The van der Waals surface area contributed by atoms with Crippen molar-refractivity contribution in [3.63, 3.8) is 0 Å². The maximum Gasteiger partial charge on any atom is 0.309 e. The fraction of sp³-hybridized carbons (Fsp3) is 0.667. The molecule has 0 saturated carbocycles. The lowest BCUT2D eigenvalue weighted by molar-refractivity contribution is -0.0979. The molecule has 2 amide bonds. The highest BCUT2D eigenvalue weighted by Gasteiger charge is 1.60. The van der Waals surface area contributed by atoms with E-state index in [0.717, 1.165) is 0 Å². The molecule has 9 N–H and O–H groups in total. The van der Waals surface area contributed by atoms with Crippen molar-refractivity contribution < 1.29 is 19.8 Å². The van der Waals surface area contributed by atoms with Crippen LogP contribution in [0.3, 0.4) is 0 Å². The summed E-state index contributed by atoms with van der Waals surface area (Å²) in [4.78, 5) is 17.0. The third kappa shape index (κ3) is 605. The van der Waals surface area contributed by atoms with Gasteiger partial charge in [-0.05, 0) is 13.8 Å². The van der Waals surface area contributed by atoms with Crippen LogP contribution >= 0.6 is 0 Å². The molecule has 0 radical (unpaired) electrons. The quantitative estimate of drug-likeness (QED) is 0.337. The molecule has 84 valence electrons. The first kappa shape index (κ1) is 29.8. The van der Waals surface area contributed by atoms with Gasteiger partial charge in [-0.15, -0.1) is 0 Å². The standard InChI is InChI=1S/2C2H6O.CH4N2O.CH2O.H3N/c2*1-2-3;2-1(3)4;1-2;/h2*3H,2H2,1H3;(H4,2,3,4);1H2;1H3. The molecule has 0 bridgehead atoms. The van der Waals surface area contributed by atoms with Crippen LogP contribution < -0.4 is 17.6 Å². The van der Waals surface area contributed by atoms with E-state index in [2.05, 4.69) is 11.5 Å². The van der Waals surface area contributed by atoms with Gasteiger partial charge in [0.05, 0.1) is 0 Å². The fourth-order valence-corrected chi connectivity index (χ4v) is 0. The average Bonchev–Trinajstić information content (AvgIpc) is 1.92. The van der Waals surface area contributed by atoms with E-state index in [1.54, 1.807) is 13.8 Å². The number of hydrogen-bond acceptors (Lipinski definition) is 5. The van der Waals surface area contributed by atoms with E-state index in [-0.39, 0.29) is 19.4 Å². The van der Waals surface area contributed by atoms with Crippen LogP contribution in [-0.4, -0.2) is 36.2 Å². The van der Waals surface area contributed by atoms with Gasteiger partial charge in [0.1, 0.15) is 6.79 Å². The molecular formula is C6H21N3O4. The number of nitrogens with two attached hydrogens (primary N) is 2. The molecule has 0 spiro atoms. The van der Waals surface area contributed by atoms with Gasteiger partial charge in [0.25, 0.3) is 0 Å². The van der Waals surface area contributed by atoms with Crippen molar-refractivity contribution in [3.8, 4) is 0 Å². The third-order valence-electron chi connectivity index (χ3n) is 0. The number of carbonyl (C=O) groups is 2. The highest BCUT2D eigenvalue weighted by atomic mass is 16.3. The lowest BCUT2D eigenvalue weighted by Crippen LogP contribution is -2.18. The minimum absolute atomic E-state index is 0. The molecule has 7 heteroatoms. The van der Waals surface area contributed by atoms with Gasteiger partial charge in [-0.2, -0.15) is 0 Å². The molecule has 0 aliphatic rings. The Morgan fingerprint density at radius 2 is 1.15 bits per heavy atom. The highest BCUT2D eigenvalue weighted by molar-refractivity contribution is 5.69. The Kier molecular flexibility index (Phi) is 164. The van der Waals surface area contributed by atoms with Gasteiger partial charge in [-0.3, -0.25) is 0 Å². The van der Waals surface area contributed by atoms with Gasteiger partial charge in [0, 0.05) is 13.2 Å². The number of primary amides is 2.